The second kappa shape index (κ2) is 8.24. The molecule has 1 heterocycles. The first-order valence-corrected chi connectivity index (χ1v) is 9.20. The summed E-state index contributed by atoms with van der Waals surface area (Å²) in [5.74, 6) is -0.380. The van der Waals surface area contributed by atoms with Crippen molar-refractivity contribution in [1.29, 1.82) is 0 Å². The van der Waals surface area contributed by atoms with Crippen LogP contribution >= 0.6 is 11.6 Å². The van der Waals surface area contributed by atoms with Crippen LogP contribution < -0.4 is 14.8 Å². The van der Waals surface area contributed by atoms with Gasteiger partial charge in [-0.3, -0.25) is 4.79 Å². The van der Waals surface area contributed by atoms with Gasteiger partial charge in [-0.25, -0.2) is 4.79 Å². The van der Waals surface area contributed by atoms with Gasteiger partial charge >= 0.3 is 5.97 Å². The lowest BCUT2D eigenvalue weighted by Crippen LogP contribution is -2.21. The Morgan fingerprint density at radius 2 is 1.76 bits per heavy atom. The summed E-state index contributed by atoms with van der Waals surface area (Å²) in [4.78, 5) is 24.6. The van der Waals surface area contributed by atoms with E-state index in [4.69, 9.17) is 25.8 Å². The van der Waals surface area contributed by atoms with Crippen LogP contribution in [0.5, 0.6) is 11.5 Å². The molecule has 1 N–H and O–H groups in total. The maximum atomic E-state index is 12.3. The second-order valence-electron chi connectivity index (χ2n) is 6.23. The van der Waals surface area contributed by atoms with Crippen LogP contribution in [0.4, 0.5) is 5.69 Å². The number of benzene rings is 3. The fraction of sp³-hybridized carbons (Fsp3) is 0.0909. The smallest absolute Gasteiger partial charge is 0.338 e. The molecule has 3 aromatic carbocycles. The van der Waals surface area contributed by atoms with Crippen LogP contribution in [-0.2, 0) is 9.53 Å². The molecule has 0 atom stereocenters. The highest BCUT2D eigenvalue weighted by molar-refractivity contribution is 6.32. The van der Waals surface area contributed by atoms with Crippen LogP contribution in [0.15, 0.2) is 66.7 Å². The highest BCUT2D eigenvalue weighted by Crippen LogP contribution is 2.39. The maximum Gasteiger partial charge on any atom is 0.338 e. The fourth-order valence-corrected chi connectivity index (χ4v) is 3.21. The molecular weight excluding hydrogens is 394 g/mol. The first kappa shape index (κ1) is 18.8. The number of hydrogen-bond acceptors (Lipinski definition) is 5. The summed E-state index contributed by atoms with van der Waals surface area (Å²) in [5.41, 5.74) is 2.65. The van der Waals surface area contributed by atoms with Gasteiger partial charge in [-0.05, 0) is 23.8 Å². The molecule has 0 spiro atoms. The summed E-state index contributed by atoms with van der Waals surface area (Å²) in [5, 5.41) is 3.03. The zero-order chi connectivity index (χ0) is 20.2. The van der Waals surface area contributed by atoms with Gasteiger partial charge in [-0.1, -0.05) is 60.1 Å². The molecule has 0 saturated carbocycles. The lowest BCUT2D eigenvalue weighted by molar-refractivity contribution is -0.119. The average molecular weight is 410 g/mol. The summed E-state index contributed by atoms with van der Waals surface area (Å²) >= 11 is 6.07. The van der Waals surface area contributed by atoms with E-state index in [1.165, 1.54) is 12.1 Å². The molecular formula is C22H16ClNO5. The van der Waals surface area contributed by atoms with Crippen molar-refractivity contribution in [1.82, 2.24) is 0 Å². The van der Waals surface area contributed by atoms with Crippen molar-refractivity contribution in [2.45, 2.75) is 0 Å². The van der Waals surface area contributed by atoms with Crippen molar-refractivity contribution in [3.63, 3.8) is 0 Å². The second-order valence-corrected chi connectivity index (χ2v) is 6.63. The lowest BCUT2D eigenvalue weighted by atomic mass is 10.0. The van der Waals surface area contributed by atoms with Crippen molar-refractivity contribution in [3.8, 4) is 22.6 Å². The predicted octanol–water partition coefficient (Wildman–Crippen LogP) is 4.53. The number of carbonyl (C=O) groups excluding carboxylic acids is 2. The highest BCUT2D eigenvalue weighted by atomic mass is 35.5. The number of ether oxygens (including phenoxy) is 3. The van der Waals surface area contributed by atoms with Crippen LogP contribution in [-0.4, -0.2) is 25.3 Å². The number of rotatable bonds is 5. The Bertz CT molecular complexity index is 1070. The van der Waals surface area contributed by atoms with Crippen LogP contribution in [0.3, 0.4) is 0 Å². The summed E-state index contributed by atoms with van der Waals surface area (Å²) in [7, 11) is 0. The number of carbonyl (C=O) groups is 2. The van der Waals surface area contributed by atoms with E-state index in [1.54, 1.807) is 6.07 Å². The largest absolute Gasteiger partial charge is 0.454 e. The number of halogens is 1. The van der Waals surface area contributed by atoms with Gasteiger partial charge in [0.05, 0.1) is 10.6 Å². The molecule has 0 aromatic heterocycles. The van der Waals surface area contributed by atoms with Crippen LogP contribution in [0.1, 0.15) is 10.4 Å². The molecule has 1 aliphatic heterocycles. The van der Waals surface area contributed by atoms with E-state index in [-0.39, 0.29) is 17.4 Å². The highest BCUT2D eigenvalue weighted by Gasteiger charge is 2.22. The van der Waals surface area contributed by atoms with E-state index >= 15 is 0 Å². The Labute approximate surface area is 172 Å². The molecule has 0 fully saturated rings. The minimum absolute atomic E-state index is 0.0385. The number of esters is 1. The molecule has 6 nitrogen and oxygen atoms in total. The summed E-state index contributed by atoms with van der Waals surface area (Å²) in [6.07, 6.45) is 0. The third kappa shape index (κ3) is 4.17. The molecule has 146 valence electrons. The van der Waals surface area contributed by atoms with Gasteiger partial charge in [-0.2, -0.15) is 0 Å². The zero-order valence-electron chi connectivity index (χ0n) is 15.2. The molecule has 0 aliphatic carbocycles. The van der Waals surface area contributed by atoms with Crippen molar-refractivity contribution < 1.29 is 23.8 Å². The predicted molar refractivity (Wildman–Crippen MR) is 108 cm³/mol. The van der Waals surface area contributed by atoms with E-state index in [0.717, 1.165) is 11.1 Å². The molecule has 29 heavy (non-hydrogen) atoms. The number of hydrogen-bond donors (Lipinski definition) is 1. The Balaban J connectivity index is 1.41. The van der Waals surface area contributed by atoms with Gasteiger partial charge in [0.1, 0.15) is 0 Å². The molecule has 7 heteroatoms. The number of nitrogens with one attached hydrogen (secondary N) is 1. The minimum atomic E-state index is -0.684. The quantitative estimate of drug-likeness (QED) is 0.626. The average Bonchev–Trinajstić information content (AvgIpc) is 3.22. The van der Waals surface area contributed by atoms with Gasteiger partial charge in [0.25, 0.3) is 5.91 Å². The maximum absolute atomic E-state index is 12.3. The molecule has 0 saturated heterocycles. The van der Waals surface area contributed by atoms with Crippen LogP contribution in [0.25, 0.3) is 11.1 Å². The number of anilines is 1. The molecule has 1 aliphatic rings. The molecule has 4 rings (SSSR count). The first-order chi connectivity index (χ1) is 14.1. The number of para-hydroxylation sites is 1. The van der Waals surface area contributed by atoms with E-state index in [0.29, 0.717) is 17.2 Å². The summed E-state index contributed by atoms with van der Waals surface area (Å²) < 4.78 is 15.6. The van der Waals surface area contributed by atoms with Crippen molar-refractivity contribution in [3.05, 3.63) is 77.3 Å². The molecule has 0 radical (unpaired) electrons. The van der Waals surface area contributed by atoms with E-state index in [1.807, 2.05) is 48.5 Å². The zero-order valence-corrected chi connectivity index (χ0v) is 15.9. The molecule has 1 amide bonds. The third-order valence-corrected chi connectivity index (χ3v) is 4.56. The summed E-state index contributed by atoms with van der Waals surface area (Å²) in [6.45, 7) is -0.398. The first-order valence-electron chi connectivity index (χ1n) is 8.82. The Hall–Kier alpha value is -3.51. The molecule has 3 aromatic rings. The monoisotopic (exact) mass is 409 g/mol. The normalized spacial score (nSPS) is 11.8. The van der Waals surface area contributed by atoms with Gasteiger partial charge in [0.2, 0.25) is 6.79 Å². The SMILES string of the molecule is O=C(COC(=O)c1cc(Cl)c2c(c1)OCO2)Nc1ccccc1-c1ccccc1. The van der Waals surface area contributed by atoms with Crippen LogP contribution in [0.2, 0.25) is 5.02 Å². The summed E-state index contributed by atoms with van der Waals surface area (Å²) in [6, 6.07) is 20.0. The van der Waals surface area contributed by atoms with E-state index in [2.05, 4.69) is 5.32 Å². The van der Waals surface area contributed by atoms with Crippen LogP contribution in [0, 0.1) is 0 Å². The number of amides is 1. The Kier molecular flexibility index (Phi) is 5.35. The van der Waals surface area contributed by atoms with Crippen molar-refractivity contribution in [2.24, 2.45) is 0 Å². The lowest BCUT2D eigenvalue weighted by Gasteiger charge is -2.12. The van der Waals surface area contributed by atoms with Gasteiger partial charge in [-0.15, -0.1) is 0 Å². The van der Waals surface area contributed by atoms with E-state index in [9.17, 15) is 9.59 Å². The standard InChI is InChI=1S/C22H16ClNO5/c23-17-10-15(11-19-21(17)29-13-28-19)22(26)27-12-20(25)24-18-9-5-4-8-16(18)14-6-2-1-3-7-14/h1-11H,12-13H2,(H,24,25). The number of fused-ring (bicyclic) bond motifs is 1. The van der Waals surface area contributed by atoms with Gasteiger partial charge in [0.15, 0.2) is 18.1 Å². The minimum Gasteiger partial charge on any atom is -0.454 e. The van der Waals surface area contributed by atoms with Crippen molar-refractivity contribution >= 4 is 29.2 Å². The Morgan fingerprint density at radius 1 is 1.00 bits per heavy atom. The van der Waals surface area contributed by atoms with E-state index < -0.39 is 18.5 Å². The van der Waals surface area contributed by atoms with Gasteiger partial charge in [0, 0.05) is 11.3 Å². The topological polar surface area (TPSA) is 73.9 Å². The molecule has 0 unspecified atom stereocenters. The van der Waals surface area contributed by atoms with Crippen molar-refractivity contribution in [2.75, 3.05) is 18.7 Å². The fourth-order valence-electron chi connectivity index (χ4n) is 2.95. The Morgan fingerprint density at radius 3 is 2.59 bits per heavy atom. The third-order valence-electron chi connectivity index (χ3n) is 4.28. The molecule has 0 bridgehead atoms. The van der Waals surface area contributed by atoms with Gasteiger partial charge < -0.3 is 19.5 Å².